The minimum Gasteiger partial charge on any atom is -0.495 e. The van der Waals surface area contributed by atoms with Gasteiger partial charge < -0.3 is 9.47 Å². The number of methoxy groups -OCH3 is 1. The molecule has 0 atom stereocenters. The fourth-order valence-corrected chi connectivity index (χ4v) is 4.85. The summed E-state index contributed by atoms with van der Waals surface area (Å²) in [6.45, 7) is 0.325. The Morgan fingerprint density at radius 3 is 2.56 bits per heavy atom. The lowest BCUT2D eigenvalue weighted by molar-refractivity contribution is -0.113. The van der Waals surface area contributed by atoms with Gasteiger partial charge in [0.25, 0.3) is 5.91 Å². The van der Waals surface area contributed by atoms with Crippen molar-refractivity contribution in [3.05, 3.63) is 92.8 Å². The molecule has 0 aliphatic carbocycles. The average Bonchev–Trinajstić information content (AvgIpc) is 3.06. The SMILES string of the molecule is COc1ccccc1N1C(=O)C(=Cc2cc(Cl)ccc2OCc2cccc(Cl)c2)SC1=S. The number of hydrogen-bond acceptors (Lipinski definition) is 5. The summed E-state index contributed by atoms with van der Waals surface area (Å²) in [6, 6.07) is 20.0. The number of nitrogens with zero attached hydrogens (tertiary/aromatic N) is 1. The molecular formula is C24H17Cl2NO3S2. The Morgan fingerprint density at radius 1 is 1.00 bits per heavy atom. The molecule has 4 rings (SSSR count). The van der Waals surface area contributed by atoms with E-state index in [-0.39, 0.29) is 5.91 Å². The van der Waals surface area contributed by atoms with Crippen LogP contribution in [0, 0.1) is 0 Å². The summed E-state index contributed by atoms with van der Waals surface area (Å²) < 4.78 is 11.8. The third-order valence-corrected chi connectivity index (χ3v) is 6.43. The van der Waals surface area contributed by atoms with Crippen LogP contribution in [0.3, 0.4) is 0 Å². The molecule has 1 heterocycles. The Balaban J connectivity index is 1.63. The molecular weight excluding hydrogens is 485 g/mol. The van der Waals surface area contributed by atoms with E-state index >= 15 is 0 Å². The van der Waals surface area contributed by atoms with Gasteiger partial charge in [-0.25, -0.2) is 0 Å². The van der Waals surface area contributed by atoms with Crippen LogP contribution in [0.2, 0.25) is 10.0 Å². The second-order valence-electron chi connectivity index (χ2n) is 6.79. The van der Waals surface area contributed by atoms with E-state index in [0.29, 0.717) is 48.6 Å². The molecule has 32 heavy (non-hydrogen) atoms. The normalized spacial score (nSPS) is 14.8. The summed E-state index contributed by atoms with van der Waals surface area (Å²) in [5, 5.41) is 1.18. The van der Waals surface area contributed by atoms with Crippen LogP contribution in [0.4, 0.5) is 5.69 Å². The molecule has 1 saturated heterocycles. The highest BCUT2D eigenvalue weighted by atomic mass is 35.5. The van der Waals surface area contributed by atoms with Crippen LogP contribution in [0.25, 0.3) is 6.08 Å². The maximum atomic E-state index is 13.2. The van der Waals surface area contributed by atoms with Crippen LogP contribution < -0.4 is 14.4 Å². The van der Waals surface area contributed by atoms with Crippen LogP contribution in [0.15, 0.2) is 71.6 Å². The molecule has 0 spiro atoms. The van der Waals surface area contributed by atoms with Crippen molar-refractivity contribution in [3.63, 3.8) is 0 Å². The van der Waals surface area contributed by atoms with Gasteiger partial charge in [-0.1, -0.05) is 71.4 Å². The zero-order chi connectivity index (χ0) is 22.7. The number of thiocarbonyl (C=S) groups is 1. The molecule has 4 nitrogen and oxygen atoms in total. The van der Waals surface area contributed by atoms with E-state index in [2.05, 4.69) is 0 Å². The van der Waals surface area contributed by atoms with Gasteiger partial charge in [0.15, 0.2) is 4.32 Å². The van der Waals surface area contributed by atoms with Crippen LogP contribution >= 0.6 is 47.2 Å². The van der Waals surface area contributed by atoms with Gasteiger partial charge in [0, 0.05) is 15.6 Å². The minimum absolute atomic E-state index is 0.231. The van der Waals surface area contributed by atoms with Gasteiger partial charge in [0.05, 0.1) is 17.7 Å². The number of amides is 1. The summed E-state index contributed by atoms with van der Waals surface area (Å²) in [6.07, 6.45) is 1.74. The standard InChI is InChI=1S/C24H17Cl2NO3S2/c1-29-21-8-3-2-7-19(21)27-23(28)22(32-24(27)31)13-16-12-18(26)9-10-20(16)30-14-15-5-4-6-17(25)11-15/h2-13H,14H2,1H3. The summed E-state index contributed by atoms with van der Waals surface area (Å²) in [4.78, 5) is 15.1. The number of anilines is 1. The lowest BCUT2D eigenvalue weighted by Crippen LogP contribution is -2.27. The van der Waals surface area contributed by atoms with Crippen molar-refractivity contribution < 1.29 is 14.3 Å². The average molecular weight is 502 g/mol. The predicted molar refractivity (Wildman–Crippen MR) is 136 cm³/mol. The van der Waals surface area contributed by atoms with Gasteiger partial charge in [-0.2, -0.15) is 0 Å². The van der Waals surface area contributed by atoms with Crippen molar-refractivity contribution >= 4 is 69.2 Å². The lowest BCUT2D eigenvalue weighted by Gasteiger charge is -2.17. The number of para-hydroxylation sites is 2. The van der Waals surface area contributed by atoms with E-state index < -0.39 is 0 Å². The zero-order valence-corrected chi connectivity index (χ0v) is 20.0. The van der Waals surface area contributed by atoms with Gasteiger partial charge in [-0.3, -0.25) is 9.69 Å². The highest BCUT2D eigenvalue weighted by molar-refractivity contribution is 8.27. The smallest absolute Gasteiger partial charge is 0.270 e. The molecule has 1 aliphatic rings. The minimum atomic E-state index is -0.231. The summed E-state index contributed by atoms with van der Waals surface area (Å²) in [5.41, 5.74) is 2.21. The van der Waals surface area contributed by atoms with Crippen LogP contribution in [-0.2, 0) is 11.4 Å². The number of carbonyl (C=O) groups is 1. The molecule has 1 aliphatic heterocycles. The van der Waals surface area contributed by atoms with E-state index in [1.807, 2.05) is 36.4 Å². The first kappa shape index (κ1) is 22.7. The fourth-order valence-electron chi connectivity index (χ4n) is 3.18. The first-order chi connectivity index (χ1) is 15.5. The molecule has 8 heteroatoms. The number of rotatable bonds is 6. The van der Waals surface area contributed by atoms with E-state index in [0.717, 1.165) is 5.56 Å². The van der Waals surface area contributed by atoms with Gasteiger partial charge in [0.1, 0.15) is 18.1 Å². The third kappa shape index (κ3) is 4.94. The molecule has 0 aromatic heterocycles. The highest BCUT2D eigenvalue weighted by Gasteiger charge is 2.35. The molecule has 0 unspecified atom stereocenters. The van der Waals surface area contributed by atoms with E-state index in [9.17, 15) is 4.79 Å². The summed E-state index contributed by atoms with van der Waals surface area (Å²) in [7, 11) is 1.56. The largest absolute Gasteiger partial charge is 0.495 e. The molecule has 1 fully saturated rings. The second-order valence-corrected chi connectivity index (χ2v) is 9.34. The highest BCUT2D eigenvalue weighted by Crippen LogP contribution is 2.40. The summed E-state index contributed by atoms with van der Waals surface area (Å²) >= 11 is 19.0. The van der Waals surface area contributed by atoms with Crippen molar-refractivity contribution in [2.75, 3.05) is 12.0 Å². The maximum absolute atomic E-state index is 13.2. The van der Waals surface area contributed by atoms with Gasteiger partial charge in [-0.05, 0) is 54.1 Å². The van der Waals surface area contributed by atoms with Crippen LogP contribution in [0.1, 0.15) is 11.1 Å². The Hall–Kier alpha value is -2.51. The van der Waals surface area contributed by atoms with Crippen LogP contribution in [-0.4, -0.2) is 17.3 Å². The van der Waals surface area contributed by atoms with E-state index in [1.165, 1.54) is 16.7 Å². The molecule has 0 saturated carbocycles. The Morgan fingerprint density at radius 2 is 1.78 bits per heavy atom. The lowest BCUT2D eigenvalue weighted by atomic mass is 10.1. The first-order valence-corrected chi connectivity index (χ1v) is 11.5. The monoisotopic (exact) mass is 501 g/mol. The van der Waals surface area contributed by atoms with Crippen molar-refractivity contribution in [1.29, 1.82) is 0 Å². The topological polar surface area (TPSA) is 38.8 Å². The number of carbonyl (C=O) groups excluding carboxylic acids is 1. The Kier molecular flexibility index (Phi) is 7.06. The van der Waals surface area contributed by atoms with Crippen LogP contribution in [0.5, 0.6) is 11.5 Å². The van der Waals surface area contributed by atoms with Gasteiger partial charge in [-0.15, -0.1) is 0 Å². The van der Waals surface area contributed by atoms with Crippen molar-refractivity contribution in [3.8, 4) is 11.5 Å². The molecule has 3 aromatic carbocycles. The van der Waals surface area contributed by atoms with Gasteiger partial charge >= 0.3 is 0 Å². The summed E-state index contributed by atoms with van der Waals surface area (Å²) in [5.74, 6) is 0.931. The molecule has 3 aromatic rings. The number of thioether (sulfide) groups is 1. The molecule has 1 amide bonds. The Bertz CT molecular complexity index is 1230. The zero-order valence-electron chi connectivity index (χ0n) is 16.9. The number of halogens is 2. The van der Waals surface area contributed by atoms with Crippen molar-refractivity contribution in [1.82, 2.24) is 0 Å². The van der Waals surface area contributed by atoms with Crippen molar-refractivity contribution in [2.45, 2.75) is 6.61 Å². The molecule has 0 N–H and O–H groups in total. The van der Waals surface area contributed by atoms with E-state index in [1.54, 1.807) is 43.5 Å². The third-order valence-electron chi connectivity index (χ3n) is 4.66. The van der Waals surface area contributed by atoms with Gasteiger partial charge in [0.2, 0.25) is 0 Å². The quantitative estimate of drug-likeness (QED) is 0.269. The molecule has 0 radical (unpaired) electrons. The number of hydrogen-bond donors (Lipinski definition) is 0. The second kappa shape index (κ2) is 9.96. The predicted octanol–water partition coefficient (Wildman–Crippen LogP) is 6.99. The van der Waals surface area contributed by atoms with E-state index in [4.69, 9.17) is 44.9 Å². The fraction of sp³-hybridized carbons (Fsp3) is 0.0833. The molecule has 0 bridgehead atoms. The number of ether oxygens (including phenoxy) is 2. The molecule has 162 valence electrons. The number of benzene rings is 3. The maximum Gasteiger partial charge on any atom is 0.270 e. The first-order valence-electron chi connectivity index (χ1n) is 9.54. The van der Waals surface area contributed by atoms with Crippen molar-refractivity contribution in [2.24, 2.45) is 0 Å². The Labute approximate surface area is 205 Å².